The van der Waals surface area contributed by atoms with Crippen molar-refractivity contribution in [2.45, 2.75) is 26.8 Å². The third kappa shape index (κ3) is 4.94. The maximum Gasteiger partial charge on any atom is 0.244 e. The molecule has 1 amide bonds. The minimum atomic E-state index is -0.139. The summed E-state index contributed by atoms with van der Waals surface area (Å²) in [6.07, 6.45) is 2.04. The summed E-state index contributed by atoms with van der Waals surface area (Å²) in [5, 5.41) is 5.37. The van der Waals surface area contributed by atoms with Crippen molar-refractivity contribution in [3.63, 3.8) is 0 Å². The van der Waals surface area contributed by atoms with Crippen LogP contribution in [-0.2, 0) is 17.8 Å². The highest BCUT2D eigenvalue weighted by Gasteiger charge is 2.13. The molecule has 0 saturated carbocycles. The summed E-state index contributed by atoms with van der Waals surface area (Å²) in [4.78, 5) is 12.3. The van der Waals surface area contributed by atoms with E-state index in [2.05, 4.69) is 81.3 Å². The molecule has 1 heterocycles. The number of fused-ring (bicyclic) bond motifs is 1. The number of aryl methyl sites for hydroxylation is 1. The number of para-hydroxylation sites is 1. The number of benzene rings is 3. The zero-order valence-corrected chi connectivity index (χ0v) is 19.2. The van der Waals surface area contributed by atoms with Crippen LogP contribution in [0.15, 0.2) is 82.4 Å². The molecule has 0 spiro atoms. The Morgan fingerprint density at radius 1 is 0.968 bits per heavy atom. The van der Waals surface area contributed by atoms with E-state index in [1.807, 2.05) is 36.4 Å². The number of hydrazone groups is 1. The first-order chi connectivity index (χ1) is 15.0. The summed E-state index contributed by atoms with van der Waals surface area (Å²) in [5.41, 5.74) is 9.41. The molecule has 0 radical (unpaired) electrons. The van der Waals surface area contributed by atoms with E-state index in [0.717, 1.165) is 38.7 Å². The summed E-state index contributed by atoms with van der Waals surface area (Å²) in [6.45, 7) is 4.98. The van der Waals surface area contributed by atoms with Crippen LogP contribution in [0.25, 0.3) is 10.9 Å². The molecule has 0 aliphatic heterocycles. The lowest BCUT2D eigenvalue weighted by Gasteiger charge is -2.09. The molecule has 0 atom stereocenters. The van der Waals surface area contributed by atoms with Gasteiger partial charge in [0, 0.05) is 33.2 Å². The minimum absolute atomic E-state index is 0.139. The number of nitrogens with zero attached hydrogens (tertiary/aromatic N) is 2. The van der Waals surface area contributed by atoms with Gasteiger partial charge in [-0.05, 0) is 43.2 Å². The third-order valence-corrected chi connectivity index (χ3v) is 5.93. The molecule has 1 aromatic heterocycles. The Balaban J connectivity index is 1.54. The fraction of sp³-hybridized carbons (Fsp3) is 0.154. The molecular weight excluding hydrogens is 450 g/mol. The average Bonchev–Trinajstić information content (AvgIpc) is 3.03. The number of amides is 1. The Bertz CT molecular complexity index is 1240. The zero-order chi connectivity index (χ0) is 21.8. The predicted octanol–water partition coefficient (Wildman–Crippen LogP) is 5.76. The minimum Gasteiger partial charge on any atom is -0.340 e. The van der Waals surface area contributed by atoms with E-state index in [-0.39, 0.29) is 5.91 Å². The molecule has 31 heavy (non-hydrogen) atoms. The van der Waals surface area contributed by atoms with Gasteiger partial charge in [-0.2, -0.15) is 5.10 Å². The van der Waals surface area contributed by atoms with Gasteiger partial charge in [-0.1, -0.05) is 76.1 Å². The number of carbonyl (C=O) groups excluding carboxylic acids is 1. The summed E-state index contributed by atoms with van der Waals surface area (Å²) >= 11 is 3.41. The highest BCUT2D eigenvalue weighted by molar-refractivity contribution is 9.10. The van der Waals surface area contributed by atoms with Crippen LogP contribution in [0, 0.1) is 13.8 Å². The van der Waals surface area contributed by atoms with Crippen molar-refractivity contribution in [2.75, 3.05) is 0 Å². The number of aromatic nitrogens is 1. The Hall–Kier alpha value is -3.18. The number of hydrogen-bond donors (Lipinski definition) is 1. The SMILES string of the molecule is Cc1ccc(Cn2c(C)c(/C=N/NC(=O)Cc3ccc(Br)cc3)c3ccccc32)cc1. The number of carbonyl (C=O) groups is 1. The van der Waals surface area contributed by atoms with Crippen LogP contribution < -0.4 is 5.43 Å². The van der Waals surface area contributed by atoms with Crippen LogP contribution in [0.1, 0.15) is 27.9 Å². The molecule has 0 aliphatic carbocycles. The number of nitrogens with one attached hydrogen (secondary N) is 1. The molecule has 4 aromatic rings. The van der Waals surface area contributed by atoms with E-state index < -0.39 is 0 Å². The summed E-state index contributed by atoms with van der Waals surface area (Å²) in [7, 11) is 0. The molecule has 1 N–H and O–H groups in total. The lowest BCUT2D eigenvalue weighted by atomic mass is 10.1. The molecule has 156 valence electrons. The number of halogens is 1. The van der Waals surface area contributed by atoms with E-state index in [1.165, 1.54) is 11.1 Å². The van der Waals surface area contributed by atoms with Crippen LogP contribution >= 0.6 is 15.9 Å². The molecule has 0 aliphatic rings. The molecular formula is C26H24BrN3O. The standard InChI is InChI=1S/C26H24BrN3O/c1-18-7-9-21(10-8-18)17-30-19(2)24(23-5-3-4-6-25(23)30)16-28-29-26(31)15-20-11-13-22(27)14-12-20/h3-14,16H,15,17H2,1-2H3,(H,29,31)/b28-16+. The molecule has 5 heteroatoms. The van der Waals surface area contributed by atoms with Crippen molar-refractivity contribution in [3.05, 3.63) is 105 Å². The summed E-state index contributed by atoms with van der Waals surface area (Å²) in [5.74, 6) is -0.139. The predicted molar refractivity (Wildman–Crippen MR) is 131 cm³/mol. The Morgan fingerprint density at radius 3 is 2.39 bits per heavy atom. The first-order valence-corrected chi connectivity index (χ1v) is 11.0. The zero-order valence-electron chi connectivity index (χ0n) is 17.6. The Kier molecular flexibility index (Phi) is 6.33. The fourth-order valence-electron chi connectivity index (χ4n) is 3.70. The lowest BCUT2D eigenvalue weighted by Crippen LogP contribution is -2.19. The first-order valence-electron chi connectivity index (χ1n) is 10.2. The molecule has 4 nitrogen and oxygen atoms in total. The van der Waals surface area contributed by atoms with Crippen molar-refractivity contribution >= 4 is 39.0 Å². The second-order valence-corrected chi connectivity index (χ2v) is 8.60. The Labute approximate surface area is 190 Å². The van der Waals surface area contributed by atoms with Gasteiger partial charge in [-0.25, -0.2) is 5.43 Å². The van der Waals surface area contributed by atoms with Gasteiger partial charge >= 0.3 is 0 Å². The van der Waals surface area contributed by atoms with Gasteiger partial charge in [-0.15, -0.1) is 0 Å². The largest absolute Gasteiger partial charge is 0.340 e. The van der Waals surface area contributed by atoms with Gasteiger partial charge in [0.1, 0.15) is 0 Å². The second-order valence-electron chi connectivity index (χ2n) is 7.68. The third-order valence-electron chi connectivity index (χ3n) is 5.40. The summed E-state index contributed by atoms with van der Waals surface area (Å²) < 4.78 is 3.29. The van der Waals surface area contributed by atoms with Crippen LogP contribution in [-0.4, -0.2) is 16.7 Å². The highest BCUT2D eigenvalue weighted by atomic mass is 79.9. The molecule has 4 rings (SSSR count). The van der Waals surface area contributed by atoms with E-state index in [1.54, 1.807) is 6.21 Å². The Morgan fingerprint density at radius 2 is 1.65 bits per heavy atom. The maximum atomic E-state index is 12.3. The average molecular weight is 474 g/mol. The fourth-order valence-corrected chi connectivity index (χ4v) is 3.96. The molecule has 3 aromatic carbocycles. The molecule has 0 bridgehead atoms. The lowest BCUT2D eigenvalue weighted by molar-refractivity contribution is -0.120. The van der Waals surface area contributed by atoms with Crippen LogP contribution in [0.5, 0.6) is 0 Å². The van der Waals surface area contributed by atoms with Crippen molar-refractivity contribution in [2.24, 2.45) is 5.10 Å². The first kappa shape index (κ1) is 21.1. The van der Waals surface area contributed by atoms with Crippen molar-refractivity contribution in [1.29, 1.82) is 0 Å². The van der Waals surface area contributed by atoms with Crippen LogP contribution in [0.2, 0.25) is 0 Å². The monoisotopic (exact) mass is 473 g/mol. The highest BCUT2D eigenvalue weighted by Crippen LogP contribution is 2.25. The topological polar surface area (TPSA) is 46.4 Å². The smallest absolute Gasteiger partial charge is 0.244 e. The normalized spacial score (nSPS) is 11.3. The van der Waals surface area contributed by atoms with Crippen LogP contribution in [0.3, 0.4) is 0 Å². The van der Waals surface area contributed by atoms with Crippen LogP contribution in [0.4, 0.5) is 0 Å². The number of hydrogen-bond acceptors (Lipinski definition) is 2. The van der Waals surface area contributed by atoms with Crippen molar-refractivity contribution < 1.29 is 4.79 Å². The van der Waals surface area contributed by atoms with Crippen molar-refractivity contribution in [1.82, 2.24) is 9.99 Å². The van der Waals surface area contributed by atoms with Crippen molar-refractivity contribution in [3.8, 4) is 0 Å². The van der Waals surface area contributed by atoms with Gasteiger partial charge in [0.25, 0.3) is 0 Å². The number of rotatable bonds is 6. The summed E-state index contributed by atoms with van der Waals surface area (Å²) in [6, 6.07) is 24.6. The quantitative estimate of drug-likeness (QED) is 0.280. The molecule has 0 unspecified atom stereocenters. The van der Waals surface area contributed by atoms with Gasteiger partial charge in [0.05, 0.1) is 12.6 Å². The maximum absolute atomic E-state index is 12.3. The van der Waals surface area contributed by atoms with E-state index in [4.69, 9.17) is 0 Å². The van der Waals surface area contributed by atoms with E-state index >= 15 is 0 Å². The van der Waals surface area contributed by atoms with Gasteiger partial charge in [-0.3, -0.25) is 4.79 Å². The second kappa shape index (κ2) is 9.31. The van der Waals surface area contributed by atoms with E-state index in [0.29, 0.717) is 6.42 Å². The van der Waals surface area contributed by atoms with E-state index in [9.17, 15) is 4.79 Å². The molecule has 0 fully saturated rings. The van der Waals surface area contributed by atoms with Gasteiger partial charge in [0.15, 0.2) is 0 Å². The van der Waals surface area contributed by atoms with Gasteiger partial charge < -0.3 is 4.57 Å². The van der Waals surface area contributed by atoms with Gasteiger partial charge in [0.2, 0.25) is 5.91 Å². The molecule has 0 saturated heterocycles.